The first-order valence-corrected chi connectivity index (χ1v) is 9.22. The summed E-state index contributed by atoms with van der Waals surface area (Å²) < 4.78 is 1.68. The lowest BCUT2D eigenvalue weighted by Crippen LogP contribution is -2.34. The Kier molecular flexibility index (Phi) is 6.78. The molecule has 0 unspecified atom stereocenters. The van der Waals surface area contributed by atoms with Crippen molar-refractivity contribution >= 4 is 17.7 Å². The van der Waals surface area contributed by atoms with Gasteiger partial charge in [0.25, 0.3) is 0 Å². The molecule has 1 heterocycles. The van der Waals surface area contributed by atoms with Crippen molar-refractivity contribution in [1.29, 1.82) is 0 Å². The summed E-state index contributed by atoms with van der Waals surface area (Å²) in [5.41, 5.74) is 2.01. The lowest BCUT2D eigenvalue weighted by atomic mass is 10.0. The van der Waals surface area contributed by atoms with Gasteiger partial charge in [-0.1, -0.05) is 43.8 Å². The first-order valence-electron chi connectivity index (χ1n) is 8.24. The summed E-state index contributed by atoms with van der Waals surface area (Å²) in [5.74, 6) is 0.964. The number of tetrazole rings is 1. The number of hydrogen-bond acceptors (Lipinski definition) is 5. The molecule has 0 aliphatic carbocycles. The van der Waals surface area contributed by atoms with Crippen molar-refractivity contribution in [3.8, 4) is 5.69 Å². The summed E-state index contributed by atoms with van der Waals surface area (Å²) in [6, 6.07) is 8.08. The highest BCUT2D eigenvalue weighted by atomic mass is 32.2. The molecule has 2 rings (SSSR count). The van der Waals surface area contributed by atoms with Crippen molar-refractivity contribution in [3.63, 3.8) is 0 Å². The van der Waals surface area contributed by atoms with E-state index in [1.54, 1.807) is 4.68 Å². The van der Waals surface area contributed by atoms with E-state index in [1.807, 2.05) is 38.1 Å². The molecular weight excluding hydrogens is 322 g/mol. The van der Waals surface area contributed by atoms with Gasteiger partial charge in [0, 0.05) is 6.04 Å². The van der Waals surface area contributed by atoms with Crippen molar-refractivity contribution in [1.82, 2.24) is 25.5 Å². The Labute approximate surface area is 147 Å². The number of benzene rings is 1. The number of carbonyl (C=O) groups excluding carboxylic acids is 1. The molecule has 1 atom stereocenters. The standard InChI is InChI=1S/C17H25N5OS/c1-12(2)9-10-14(4)18-16(23)11-24-17-19-20-21-22(17)15-8-6-5-7-13(15)3/h5-8,12,14H,9-11H2,1-4H3,(H,18,23)/t14-/m0/s1. The van der Waals surface area contributed by atoms with E-state index >= 15 is 0 Å². The van der Waals surface area contributed by atoms with Crippen molar-refractivity contribution in [2.45, 2.75) is 51.7 Å². The molecule has 0 aliphatic heterocycles. The SMILES string of the molecule is Cc1ccccc1-n1nnnc1SCC(=O)N[C@@H](C)CCC(C)C. The number of aryl methyl sites for hydroxylation is 1. The van der Waals surface area contributed by atoms with Crippen LogP contribution in [0.4, 0.5) is 0 Å². The molecule has 0 bridgehead atoms. The summed E-state index contributed by atoms with van der Waals surface area (Å²) >= 11 is 1.35. The Hall–Kier alpha value is -1.89. The van der Waals surface area contributed by atoms with E-state index in [4.69, 9.17) is 0 Å². The van der Waals surface area contributed by atoms with E-state index in [-0.39, 0.29) is 11.9 Å². The van der Waals surface area contributed by atoms with Crippen LogP contribution in [-0.4, -0.2) is 37.9 Å². The van der Waals surface area contributed by atoms with Crippen molar-refractivity contribution in [2.75, 3.05) is 5.75 Å². The predicted octanol–water partition coefficient (Wildman–Crippen LogP) is 3.00. The maximum absolute atomic E-state index is 12.1. The van der Waals surface area contributed by atoms with E-state index in [0.717, 1.165) is 24.1 Å². The average molecular weight is 347 g/mol. The molecule has 24 heavy (non-hydrogen) atoms. The number of hydrogen-bond donors (Lipinski definition) is 1. The maximum Gasteiger partial charge on any atom is 0.230 e. The highest BCUT2D eigenvalue weighted by molar-refractivity contribution is 7.99. The number of amides is 1. The monoisotopic (exact) mass is 347 g/mol. The van der Waals surface area contributed by atoms with Gasteiger partial charge < -0.3 is 5.32 Å². The van der Waals surface area contributed by atoms with Crippen LogP contribution < -0.4 is 5.32 Å². The largest absolute Gasteiger partial charge is 0.353 e. The van der Waals surface area contributed by atoms with Crippen LogP contribution in [0.15, 0.2) is 29.4 Å². The van der Waals surface area contributed by atoms with Crippen LogP contribution in [-0.2, 0) is 4.79 Å². The number of para-hydroxylation sites is 1. The van der Waals surface area contributed by atoms with Gasteiger partial charge in [-0.3, -0.25) is 4.79 Å². The van der Waals surface area contributed by atoms with Crippen LogP contribution in [0.25, 0.3) is 5.69 Å². The molecule has 0 aliphatic rings. The highest BCUT2D eigenvalue weighted by Crippen LogP contribution is 2.20. The number of rotatable bonds is 8. The highest BCUT2D eigenvalue weighted by Gasteiger charge is 2.14. The predicted molar refractivity (Wildman–Crippen MR) is 96.3 cm³/mol. The van der Waals surface area contributed by atoms with Crippen LogP contribution in [0.1, 0.15) is 39.2 Å². The third kappa shape index (κ3) is 5.33. The minimum absolute atomic E-state index is 0.00981. The number of nitrogens with one attached hydrogen (secondary N) is 1. The molecule has 0 spiro atoms. The minimum Gasteiger partial charge on any atom is -0.353 e. The summed E-state index contributed by atoms with van der Waals surface area (Å²) in [4.78, 5) is 12.1. The van der Waals surface area contributed by atoms with Gasteiger partial charge in [-0.05, 0) is 54.7 Å². The van der Waals surface area contributed by atoms with Gasteiger partial charge >= 0.3 is 0 Å². The Morgan fingerprint density at radius 1 is 1.25 bits per heavy atom. The normalized spacial score (nSPS) is 12.4. The maximum atomic E-state index is 12.1. The molecule has 1 N–H and O–H groups in total. The Balaban J connectivity index is 1.90. The molecule has 1 amide bonds. The Morgan fingerprint density at radius 2 is 2.00 bits per heavy atom. The van der Waals surface area contributed by atoms with E-state index in [9.17, 15) is 4.79 Å². The molecule has 1 aromatic heterocycles. The molecule has 1 aromatic carbocycles. The second kappa shape index (κ2) is 8.82. The van der Waals surface area contributed by atoms with E-state index < -0.39 is 0 Å². The van der Waals surface area contributed by atoms with Crippen molar-refractivity contribution < 1.29 is 4.79 Å². The zero-order valence-electron chi connectivity index (χ0n) is 14.7. The van der Waals surface area contributed by atoms with Gasteiger partial charge in [-0.15, -0.1) is 5.10 Å². The lowest BCUT2D eigenvalue weighted by Gasteiger charge is -2.14. The van der Waals surface area contributed by atoms with Gasteiger partial charge in [0.05, 0.1) is 11.4 Å². The third-order valence-electron chi connectivity index (χ3n) is 3.70. The van der Waals surface area contributed by atoms with Crippen LogP contribution in [0.5, 0.6) is 0 Å². The third-order valence-corrected chi connectivity index (χ3v) is 4.62. The fraction of sp³-hybridized carbons (Fsp3) is 0.529. The quantitative estimate of drug-likeness (QED) is 0.743. The van der Waals surface area contributed by atoms with Crippen LogP contribution >= 0.6 is 11.8 Å². The molecule has 7 heteroatoms. The zero-order valence-corrected chi connectivity index (χ0v) is 15.5. The first-order chi connectivity index (χ1) is 11.5. The van der Waals surface area contributed by atoms with Crippen molar-refractivity contribution in [2.24, 2.45) is 5.92 Å². The average Bonchev–Trinajstić information content (AvgIpc) is 2.99. The lowest BCUT2D eigenvalue weighted by molar-refractivity contribution is -0.119. The van der Waals surface area contributed by atoms with Crippen molar-refractivity contribution in [3.05, 3.63) is 29.8 Å². The second-order valence-electron chi connectivity index (χ2n) is 6.39. The Bertz CT molecular complexity index is 671. The number of thioether (sulfide) groups is 1. The molecule has 130 valence electrons. The Morgan fingerprint density at radius 3 is 2.71 bits per heavy atom. The molecule has 0 radical (unpaired) electrons. The molecule has 6 nitrogen and oxygen atoms in total. The molecule has 2 aromatic rings. The summed E-state index contributed by atoms with van der Waals surface area (Å²) in [6.07, 6.45) is 2.11. The summed E-state index contributed by atoms with van der Waals surface area (Å²) in [7, 11) is 0. The number of carbonyl (C=O) groups is 1. The van der Waals surface area contributed by atoms with Crippen LogP contribution in [0.3, 0.4) is 0 Å². The fourth-order valence-electron chi connectivity index (χ4n) is 2.32. The van der Waals surface area contributed by atoms with E-state index in [0.29, 0.717) is 16.8 Å². The van der Waals surface area contributed by atoms with Crippen LogP contribution in [0, 0.1) is 12.8 Å². The van der Waals surface area contributed by atoms with Gasteiger partial charge in [0.1, 0.15) is 0 Å². The zero-order chi connectivity index (χ0) is 17.5. The smallest absolute Gasteiger partial charge is 0.230 e. The number of aromatic nitrogens is 4. The fourth-order valence-corrected chi connectivity index (χ4v) is 3.02. The molecular formula is C17H25N5OS. The van der Waals surface area contributed by atoms with Gasteiger partial charge in [-0.2, -0.15) is 4.68 Å². The van der Waals surface area contributed by atoms with Gasteiger partial charge in [0.15, 0.2) is 0 Å². The molecule has 0 saturated carbocycles. The minimum atomic E-state index is 0.00981. The van der Waals surface area contributed by atoms with E-state index in [1.165, 1.54) is 11.8 Å². The number of nitrogens with zero attached hydrogens (tertiary/aromatic N) is 4. The topological polar surface area (TPSA) is 72.7 Å². The summed E-state index contributed by atoms with van der Waals surface area (Å²) in [6.45, 7) is 8.43. The van der Waals surface area contributed by atoms with Gasteiger partial charge in [-0.25, -0.2) is 0 Å². The molecule has 0 saturated heterocycles. The first kappa shape index (κ1) is 18.4. The second-order valence-corrected chi connectivity index (χ2v) is 7.33. The van der Waals surface area contributed by atoms with E-state index in [2.05, 4.69) is 34.7 Å². The van der Waals surface area contributed by atoms with Gasteiger partial charge in [0.2, 0.25) is 11.1 Å². The van der Waals surface area contributed by atoms with Crippen LogP contribution in [0.2, 0.25) is 0 Å². The summed E-state index contributed by atoms with van der Waals surface area (Å²) in [5, 5.41) is 15.5. The molecule has 0 fully saturated rings.